The lowest BCUT2D eigenvalue weighted by molar-refractivity contribution is 0.00289. The van der Waals surface area contributed by atoms with Crippen LogP contribution in [-0.2, 0) is 4.74 Å². The number of nitrogens with zero attached hydrogens (tertiary/aromatic N) is 3. The molecule has 0 saturated carbocycles. The maximum absolute atomic E-state index is 12.6. The minimum absolute atomic E-state index is 0.0425. The van der Waals surface area contributed by atoms with E-state index in [-0.39, 0.29) is 18.0 Å². The van der Waals surface area contributed by atoms with E-state index in [1.165, 1.54) is 0 Å². The first-order valence-electron chi connectivity index (χ1n) is 9.17. The summed E-state index contributed by atoms with van der Waals surface area (Å²) in [5, 5.41) is 0. The van der Waals surface area contributed by atoms with Gasteiger partial charge in [-0.3, -0.25) is 4.79 Å². The van der Waals surface area contributed by atoms with Crippen LogP contribution in [0.25, 0.3) is 0 Å². The van der Waals surface area contributed by atoms with Crippen LogP contribution in [0.4, 0.5) is 4.79 Å². The van der Waals surface area contributed by atoms with E-state index in [1.807, 2.05) is 28.9 Å². The van der Waals surface area contributed by atoms with Crippen molar-refractivity contribution in [2.45, 2.75) is 58.1 Å². The first kappa shape index (κ1) is 17.7. The van der Waals surface area contributed by atoms with Gasteiger partial charge in [-0.15, -0.1) is 0 Å². The molecule has 0 aliphatic carbocycles. The molecular formula is C19H27N3O3. The quantitative estimate of drug-likeness (QED) is 0.841. The molecule has 2 saturated heterocycles. The van der Waals surface area contributed by atoms with Gasteiger partial charge in [0.1, 0.15) is 11.3 Å². The Morgan fingerprint density at radius 3 is 2.72 bits per heavy atom. The van der Waals surface area contributed by atoms with E-state index in [0.29, 0.717) is 38.2 Å². The molecule has 6 nitrogen and oxygen atoms in total. The SMILES string of the molecule is CCC[C@@H](C)N1CC2(CCN(C(=O)c3cccc(C)n3)CC2)OC1=O. The molecule has 1 spiro atoms. The van der Waals surface area contributed by atoms with Gasteiger partial charge >= 0.3 is 6.09 Å². The van der Waals surface area contributed by atoms with Crippen molar-refractivity contribution in [2.24, 2.45) is 0 Å². The minimum Gasteiger partial charge on any atom is -0.441 e. The molecule has 2 aliphatic heterocycles. The summed E-state index contributed by atoms with van der Waals surface area (Å²) in [5.74, 6) is -0.0425. The van der Waals surface area contributed by atoms with Crippen molar-refractivity contribution in [1.82, 2.24) is 14.8 Å². The predicted molar refractivity (Wildman–Crippen MR) is 94.4 cm³/mol. The molecule has 2 fully saturated rings. The van der Waals surface area contributed by atoms with Gasteiger partial charge in [0.2, 0.25) is 0 Å². The van der Waals surface area contributed by atoms with Gasteiger partial charge in [0.25, 0.3) is 5.91 Å². The van der Waals surface area contributed by atoms with Crippen molar-refractivity contribution in [3.05, 3.63) is 29.6 Å². The number of rotatable bonds is 4. The molecule has 1 atom stereocenters. The zero-order valence-corrected chi connectivity index (χ0v) is 15.3. The Morgan fingerprint density at radius 2 is 2.08 bits per heavy atom. The van der Waals surface area contributed by atoms with Gasteiger partial charge in [0.15, 0.2) is 0 Å². The molecule has 0 radical (unpaired) electrons. The van der Waals surface area contributed by atoms with E-state index in [0.717, 1.165) is 18.5 Å². The van der Waals surface area contributed by atoms with Crippen LogP contribution in [0, 0.1) is 6.92 Å². The molecule has 6 heteroatoms. The zero-order chi connectivity index (χ0) is 18.0. The first-order chi connectivity index (χ1) is 11.9. The van der Waals surface area contributed by atoms with E-state index in [4.69, 9.17) is 4.74 Å². The summed E-state index contributed by atoms with van der Waals surface area (Å²) in [6.07, 6.45) is 3.19. The van der Waals surface area contributed by atoms with Crippen LogP contribution < -0.4 is 0 Å². The number of aromatic nitrogens is 1. The van der Waals surface area contributed by atoms with Gasteiger partial charge in [0, 0.05) is 37.7 Å². The molecule has 1 aromatic rings. The molecule has 0 N–H and O–H groups in total. The van der Waals surface area contributed by atoms with Gasteiger partial charge < -0.3 is 14.5 Å². The van der Waals surface area contributed by atoms with Crippen LogP contribution in [0.3, 0.4) is 0 Å². The largest absolute Gasteiger partial charge is 0.441 e. The van der Waals surface area contributed by atoms with Crippen molar-refractivity contribution < 1.29 is 14.3 Å². The Balaban J connectivity index is 1.62. The lowest BCUT2D eigenvalue weighted by atomic mass is 9.90. The fraction of sp³-hybridized carbons (Fsp3) is 0.632. The number of carbonyl (C=O) groups excluding carboxylic acids is 2. The summed E-state index contributed by atoms with van der Waals surface area (Å²) in [6, 6.07) is 5.69. The third kappa shape index (κ3) is 3.62. The molecule has 0 unspecified atom stereocenters. The molecule has 136 valence electrons. The van der Waals surface area contributed by atoms with Gasteiger partial charge in [-0.25, -0.2) is 9.78 Å². The summed E-state index contributed by atoms with van der Waals surface area (Å²) in [6.45, 7) is 7.90. The third-order valence-corrected chi connectivity index (χ3v) is 5.30. The highest BCUT2D eigenvalue weighted by Gasteiger charge is 2.48. The highest BCUT2D eigenvalue weighted by molar-refractivity contribution is 5.92. The topological polar surface area (TPSA) is 62.7 Å². The molecule has 2 aliphatic rings. The Bertz CT molecular complexity index is 653. The number of likely N-dealkylation sites (tertiary alicyclic amines) is 1. The van der Waals surface area contributed by atoms with E-state index >= 15 is 0 Å². The van der Waals surface area contributed by atoms with Crippen molar-refractivity contribution in [3.8, 4) is 0 Å². The maximum Gasteiger partial charge on any atom is 0.410 e. The molecule has 1 aromatic heterocycles. The van der Waals surface area contributed by atoms with Crippen molar-refractivity contribution in [2.75, 3.05) is 19.6 Å². The van der Waals surface area contributed by atoms with Crippen LogP contribution in [0.2, 0.25) is 0 Å². The Morgan fingerprint density at radius 1 is 1.36 bits per heavy atom. The van der Waals surface area contributed by atoms with Crippen LogP contribution in [0.1, 0.15) is 55.7 Å². The fourth-order valence-corrected chi connectivity index (χ4v) is 3.76. The second kappa shape index (κ2) is 7.02. The first-order valence-corrected chi connectivity index (χ1v) is 9.17. The molecule has 3 heterocycles. The number of pyridine rings is 1. The summed E-state index contributed by atoms with van der Waals surface area (Å²) in [7, 11) is 0. The molecular weight excluding hydrogens is 318 g/mol. The summed E-state index contributed by atoms with van der Waals surface area (Å²) in [4.78, 5) is 32.9. The zero-order valence-electron chi connectivity index (χ0n) is 15.3. The number of aryl methyl sites for hydroxylation is 1. The number of piperidine rings is 1. The standard InChI is InChI=1S/C19H27N3O3/c1-4-6-15(3)22-13-19(25-18(22)24)9-11-21(12-10-19)17(23)16-8-5-7-14(2)20-16/h5,7-8,15H,4,6,9-13H2,1-3H3/t15-/m1/s1. The van der Waals surface area contributed by atoms with E-state index in [2.05, 4.69) is 18.8 Å². The minimum atomic E-state index is -0.435. The highest BCUT2D eigenvalue weighted by atomic mass is 16.6. The van der Waals surface area contributed by atoms with E-state index in [9.17, 15) is 9.59 Å². The smallest absolute Gasteiger partial charge is 0.410 e. The van der Waals surface area contributed by atoms with Gasteiger partial charge in [0.05, 0.1) is 6.54 Å². The average molecular weight is 345 g/mol. The van der Waals surface area contributed by atoms with Crippen LogP contribution in [0.5, 0.6) is 0 Å². The van der Waals surface area contributed by atoms with Crippen molar-refractivity contribution >= 4 is 12.0 Å². The van der Waals surface area contributed by atoms with Gasteiger partial charge in [-0.05, 0) is 32.4 Å². The van der Waals surface area contributed by atoms with E-state index in [1.54, 1.807) is 6.07 Å². The van der Waals surface area contributed by atoms with Crippen LogP contribution in [0.15, 0.2) is 18.2 Å². The summed E-state index contributed by atoms with van der Waals surface area (Å²) < 4.78 is 5.76. The van der Waals surface area contributed by atoms with Crippen molar-refractivity contribution in [1.29, 1.82) is 0 Å². The number of amides is 2. The van der Waals surface area contributed by atoms with Crippen molar-refractivity contribution in [3.63, 3.8) is 0 Å². The highest BCUT2D eigenvalue weighted by Crippen LogP contribution is 2.35. The number of hydrogen-bond donors (Lipinski definition) is 0. The summed E-state index contributed by atoms with van der Waals surface area (Å²) >= 11 is 0. The fourth-order valence-electron chi connectivity index (χ4n) is 3.76. The number of carbonyl (C=O) groups is 2. The Kier molecular flexibility index (Phi) is 4.97. The molecule has 25 heavy (non-hydrogen) atoms. The molecule has 0 bridgehead atoms. The number of ether oxygens (including phenoxy) is 1. The van der Waals surface area contributed by atoms with Gasteiger partial charge in [-0.1, -0.05) is 19.4 Å². The van der Waals surface area contributed by atoms with Crippen LogP contribution >= 0.6 is 0 Å². The van der Waals surface area contributed by atoms with Gasteiger partial charge in [-0.2, -0.15) is 0 Å². The predicted octanol–water partition coefficient (Wildman–Crippen LogP) is 3.01. The van der Waals surface area contributed by atoms with Crippen LogP contribution in [-0.4, -0.2) is 58.1 Å². The lowest BCUT2D eigenvalue weighted by Crippen LogP contribution is -2.49. The normalized spacial score (nSPS) is 20.7. The molecule has 3 rings (SSSR count). The lowest BCUT2D eigenvalue weighted by Gasteiger charge is -2.37. The maximum atomic E-state index is 12.6. The molecule has 2 amide bonds. The monoisotopic (exact) mass is 345 g/mol. The average Bonchev–Trinajstić information content (AvgIpc) is 2.91. The second-order valence-corrected chi connectivity index (χ2v) is 7.27. The Labute approximate surface area is 149 Å². The van der Waals surface area contributed by atoms with E-state index < -0.39 is 5.60 Å². The number of hydrogen-bond acceptors (Lipinski definition) is 4. The second-order valence-electron chi connectivity index (χ2n) is 7.27. The Hall–Kier alpha value is -2.11. The third-order valence-electron chi connectivity index (χ3n) is 5.30. The summed E-state index contributed by atoms with van der Waals surface area (Å²) in [5.41, 5.74) is 0.887. The molecule has 0 aromatic carbocycles.